The first-order chi connectivity index (χ1) is 18.6. The third-order valence-corrected chi connectivity index (χ3v) is 8.20. The van der Waals surface area contributed by atoms with Crippen molar-refractivity contribution in [1.82, 2.24) is 10.2 Å². The number of hydrogen-bond donors (Lipinski definition) is 1. The quantitative estimate of drug-likeness (QED) is 0.396. The number of ether oxygens (including phenoxy) is 2. The van der Waals surface area contributed by atoms with Gasteiger partial charge < -0.3 is 14.8 Å². The zero-order chi connectivity index (χ0) is 26.3. The van der Waals surface area contributed by atoms with Crippen LogP contribution in [-0.4, -0.2) is 44.7 Å². The summed E-state index contributed by atoms with van der Waals surface area (Å²) in [5.74, 6) is 1.96. The number of aryl methyl sites for hydroxylation is 1. The average molecular weight is 513 g/mol. The van der Waals surface area contributed by atoms with Crippen LogP contribution in [0.2, 0.25) is 0 Å². The number of carbonyl (C=O) groups is 1. The van der Waals surface area contributed by atoms with Gasteiger partial charge in [-0.1, -0.05) is 48.5 Å². The smallest absolute Gasteiger partial charge is 0.251 e. The summed E-state index contributed by atoms with van der Waals surface area (Å²) in [7, 11) is 3.42. The van der Waals surface area contributed by atoms with E-state index in [0.717, 1.165) is 76.3 Å². The number of nitrogens with one attached hydrogen (secondary N) is 1. The van der Waals surface area contributed by atoms with Crippen molar-refractivity contribution in [2.24, 2.45) is 5.92 Å². The summed E-state index contributed by atoms with van der Waals surface area (Å²) in [5, 5.41) is 2.80. The first-order valence-electron chi connectivity index (χ1n) is 14.0. The monoisotopic (exact) mass is 512 g/mol. The lowest BCUT2D eigenvalue weighted by Crippen LogP contribution is -2.32. The van der Waals surface area contributed by atoms with E-state index in [4.69, 9.17) is 9.47 Å². The minimum absolute atomic E-state index is 0.00299. The Morgan fingerprint density at radius 3 is 2.45 bits per heavy atom. The summed E-state index contributed by atoms with van der Waals surface area (Å²) in [6, 6.07) is 23.6. The topological polar surface area (TPSA) is 50.8 Å². The van der Waals surface area contributed by atoms with E-state index in [1.54, 1.807) is 14.2 Å². The minimum Gasteiger partial charge on any atom is -0.497 e. The molecule has 1 N–H and O–H groups in total. The van der Waals surface area contributed by atoms with Crippen LogP contribution in [0.4, 0.5) is 0 Å². The van der Waals surface area contributed by atoms with E-state index in [0.29, 0.717) is 11.8 Å². The van der Waals surface area contributed by atoms with Gasteiger partial charge in [-0.2, -0.15) is 0 Å². The number of benzene rings is 3. The Kier molecular flexibility index (Phi) is 8.77. The van der Waals surface area contributed by atoms with Crippen molar-refractivity contribution in [1.29, 1.82) is 0 Å². The Balaban J connectivity index is 1.30. The van der Waals surface area contributed by atoms with Crippen LogP contribution in [0, 0.1) is 5.92 Å². The van der Waals surface area contributed by atoms with Crippen molar-refractivity contribution in [2.75, 3.05) is 33.9 Å². The van der Waals surface area contributed by atoms with E-state index < -0.39 is 0 Å². The average Bonchev–Trinajstić information content (AvgIpc) is 2.97. The lowest BCUT2D eigenvalue weighted by atomic mass is 9.78. The molecule has 38 heavy (non-hydrogen) atoms. The third kappa shape index (κ3) is 6.46. The predicted octanol–water partition coefficient (Wildman–Crippen LogP) is 5.76. The number of carbonyl (C=O) groups excluding carboxylic acids is 1. The maximum atomic E-state index is 12.4. The van der Waals surface area contributed by atoms with Crippen LogP contribution in [0.5, 0.6) is 5.75 Å². The minimum atomic E-state index is 0.00299. The van der Waals surface area contributed by atoms with Crippen molar-refractivity contribution in [3.05, 3.63) is 100 Å². The summed E-state index contributed by atoms with van der Waals surface area (Å²) in [6.45, 7) is 4.72. The van der Waals surface area contributed by atoms with Gasteiger partial charge in [0.1, 0.15) is 5.75 Å². The molecule has 0 saturated carbocycles. The van der Waals surface area contributed by atoms with Gasteiger partial charge in [0.25, 0.3) is 5.91 Å². The van der Waals surface area contributed by atoms with E-state index >= 15 is 0 Å². The van der Waals surface area contributed by atoms with Crippen LogP contribution in [-0.2, 0) is 30.7 Å². The van der Waals surface area contributed by atoms with Gasteiger partial charge in [0.15, 0.2) is 0 Å². The Labute approximate surface area is 227 Å². The van der Waals surface area contributed by atoms with Crippen molar-refractivity contribution in [3.8, 4) is 5.75 Å². The summed E-state index contributed by atoms with van der Waals surface area (Å²) < 4.78 is 11.0. The molecular formula is C33H40N2O3. The van der Waals surface area contributed by atoms with Crippen LogP contribution >= 0.6 is 0 Å². The molecule has 1 aliphatic carbocycles. The van der Waals surface area contributed by atoms with Gasteiger partial charge in [-0.25, -0.2) is 0 Å². The Morgan fingerprint density at radius 1 is 0.947 bits per heavy atom. The molecule has 0 bridgehead atoms. The van der Waals surface area contributed by atoms with Crippen LogP contribution < -0.4 is 10.1 Å². The second kappa shape index (κ2) is 12.6. The highest BCUT2D eigenvalue weighted by Gasteiger charge is 2.24. The van der Waals surface area contributed by atoms with Crippen molar-refractivity contribution in [2.45, 2.75) is 51.1 Å². The molecule has 5 heteroatoms. The Hall–Kier alpha value is -3.15. The van der Waals surface area contributed by atoms with Gasteiger partial charge in [0.2, 0.25) is 0 Å². The standard InChI is InChI=1S/C33H40N2O3/c1-34-33(36)32-6-4-3-5-31(32)29-12-11-27-19-26(7-10-28(27)20-29)23-35(22-25-15-17-38-18-16-25)21-24-8-13-30(37-2)14-9-24/h3-10,13-14,19,25,29H,11-12,15-18,20-23H2,1-2H3,(H,34,36)/t29-/m0/s1. The fourth-order valence-electron chi connectivity index (χ4n) is 6.09. The van der Waals surface area contributed by atoms with Crippen LogP contribution in [0.15, 0.2) is 66.7 Å². The second-order valence-corrected chi connectivity index (χ2v) is 10.8. The fraction of sp³-hybridized carbons (Fsp3) is 0.424. The highest BCUT2D eigenvalue weighted by Crippen LogP contribution is 2.35. The highest BCUT2D eigenvalue weighted by molar-refractivity contribution is 5.95. The normalized spacial score (nSPS) is 17.7. The molecule has 1 heterocycles. The van der Waals surface area contributed by atoms with Crippen LogP contribution in [0.3, 0.4) is 0 Å². The van der Waals surface area contributed by atoms with Gasteiger partial charge in [-0.3, -0.25) is 9.69 Å². The molecule has 200 valence electrons. The molecule has 0 radical (unpaired) electrons. The first-order valence-corrected chi connectivity index (χ1v) is 14.0. The van der Waals surface area contributed by atoms with Crippen LogP contribution in [0.25, 0.3) is 0 Å². The molecule has 0 unspecified atom stereocenters. The Bertz CT molecular complexity index is 1220. The summed E-state index contributed by atoms with van der Waals surface area (Å²) in [6.07, 6.45) is 5.39. The van der Waals surface area contributed by atoms with Gasteiger partial charge >= 0.3 is 0 Å². The lowest BCUT2D eigenvalue weighted by molar-refractivity contribution is 0.0501. The van der Waals surface area contributed by atoms with Crippen LogP contribution in [0.1, 0.15) is 63.4 Å². The molecule has 1 aliphatic heterocycles. The van der Waals surface area contributed by atoms with Gasteiger partial charge in [-0.15, -0.1) is 0 Å². The van der Waals surface area contributed by atoms with E-state index in [1.165, 1.54) is 27.8 Å². The largest absolute Gasteiger partial charge is 0.497 e. The second-order valence-electron chi connectivity index (χ2n) is 10.8. The molecule has 5 nitrogen and oxygen atoms in total. The van der Waals surface area contributed by atoms with E-state index in [1.807, 2.05) is 12.1 Å². The summed E-state index contributed by atoms with van der Waals surface area (Å²) >= 11 is 0. The molecular weight excluding hydrogens is 472 g/mol. The molecule has 3 aromatic carbocycles. The molecule has 1 fully saturated rings. The first kappa shape index (κ1) is 26.5. The van der Waals surface area contributed by atoms with E-state index in [9.17, 15) is 4.79 Å². The van der Waals surface area contributed by atoms with Crippen molar-refractivity contribution < 1.29 is 14.3 Å². The summed E-state index contributed by atoms with van der Waals surface area (Å²) in [5.41, 5.74) is 7.56. The number of methoxy groups -OCH3 is 1. The van der Waals surface area contributed by atoms with E-state index in [-0.39, 0.29) is 5.91 Å². The lowest BCUT2D eigenvalue weighted by Gasteiger charge is -2.31. The molecule has 2 aliphatic rings. The molecule has 1 saturated heterocycles. The van der Waals surface area contributed by atoms with Crippen molar-refractivity contribution >= 4 is 5.91 Å². The predicted molar refractivity (Wildman–Crippen MR) is 152 cm³/mol. The SMILES string of the molecule is CNC(=O)c1ccccc1[C@H]1CCc2cc(CN(Cc3ccc(OC)cc3)CC3CCOCC3)ccc2C1. The summed E-state index contributed by atoms with van der Waals surface area (Å²) in [4.78, 5) is 15.0. The highest BCUT2D eigenvalue weighted by atomic mass is 16.5. The zero-order valence-corrected chi connectivity index (χ0v) is 22.7. The number of rotatable bonds is 9. The Morgan fingerprint density at radius 2 is 1.68 bits per heavy atom. The molecule has 0 aromatic heterocycles. The molecule has 5 rings (SSSR count). The molecule has 0 spiro atoms. The maximum absolute atomic E-state index is 12.4. The fourth-order valence-corrected chi connectivity index (χ4v) is 6.09. The molecule has 1 amide bonds. The number of nitrogens with zero attached hydrogens (tertiary/aromatic N) is 1. The maximum Gasteiger partial charge on any atom is 0.251 e. The zero-order valence-electron chi connectivity index (χ0n) is 22.7. The van der Waals surface area contributed by atoms with Gasteiger partial charge in [0, 0.05) is 45.5 Å². The number of hydrogen-bond acceptors (Lipinski definition) is 4. The van der Waals surface area contributed by atoms with E-state index in [2.05, 4.69) is 64.8 Å². The third-order valence-electron chi connectivity index (χ3n) is 8.20. The van der Waals surface area contributed by atoms with Crippen molar-refractivity contribution in [3.63, 3.8) is 0 Å². The van der Waals surface area contributed by atoms with Gasteiger partial charge in [-0.05, 0) is 90.0 Å². The molecule has 1 atom stereocenters. The number of amides is 1. The van der Waals surface area contributed by atoms with Gasteiger partial charge in [0.05, 0.1) is 7.11 Å². The number of fused-ring (bicyclic) bond motifs is 1. The molecule has 3 aromatic rings.